The van der Waals surface area contributed by atoms with E-state index in [0.717, 1.165) is 17.1 Å². The fourth-order valence-corrected chi connectivity index (χ4v) is 11.2. The Balaban J connectivity index is 0.984. The van der Waals surface area contributed by atoms with Crippen molar-refractivity contribution in [1.29, 1.82) is 0 Å². The number of para-hydroxylation sites is 1. The van der Waals surface area contributed by atoms with Crippen molar-refractivity contribution in [1.82, 2.24) is 0 Å². The van der Waals surface area contributed by atoms with E-state index in [1.807, 2.05) is 0 Å². The predicted molar refractivity (Wildman–Crippen MR) is 278 cm³/mol. The summed E-state index contributed by atoms with van der Waals surface area (Å²) in [4.78, 5) is 2.47. The van der Waals surface area contributed by atoms with Gasteiger partial charge in [-0.2, -0.15) is 0 Å². The summed E-state index contributed by atoms with van der Waals surface area (Å²) in [5.41, 5.74) is 24.6. The van der Waals surface area contributed by atoms with E-state index in [1.165, 1.54) is 94.6 Å². The Labute approximate surface area is 389 Å². The summed E-state index contributed by atoms with van der Waals surface area (Å²) < 4.78 is 0. The van der Waals surface area contributed by atoms with Crippen molar-refractivity contribution in [2.45, 2.75) is 31.6 Å². The number of fused-ring (bicyclic) bond motifs is 6. The third-order valence-corrected chi connectivity index (χ3v) is 14.6. The molecule has 1 nitrogen and oxygen atoms in total. The first-order chi connectivity index (χ1) is 32.4. The molecule has 0 radical (unpaired) electrons. The van der Waals surface area contributed by atoms with Gasteiger partial charge in [0.15, 0.2) is 0 Å². The van der Waals surface area contributed by atoms with Crippen LogP contribution < -0.4 is 4.90 Å². The first-order valence-corrected chi connectivity index (χ1v) is 23.2. The standard InChI is InChI=1S/C65H49N/c1-64(2)59-26-13-10-23-56(59)58-25-16-24-54(63(58)64)49-37-39-51(40-38-49)66(52-41-42-57-55-22-11-14-27-60(55)65(3,61(57)43-52)50-19-8-5-9-20-50)62-28-15-12-21-53(62)48-35-33-47(34-36-48)46-31-29-45(30-32-46)44-17-6-4-7-18-44/h4-43H,1-3H3. The summed E-state index contributed by atoms with van der Waals surface area (Å²) in [5.74, 6) is 0. The maximum Gasteiger partial charge on any atom is 0.0540 e. The Morgan fingerprint density at radius 1 is 0.288 bits per heavy atom. The lowest BCUT2D eigenvalue weighted by Gasteiger charge is -2.32. The number of hydrogen-bond acceptors (Lipinski definition) is 1. The van der Waals surface area contributed by atoms with Gasteiger partial charge in [0, 0.05) is 27.8 Å². The molecule has 12 rings (SSSR count). The molecule has 10 aromatic carbocycles. The highest BCUT2D eigenvalue weighted by atomic mass is 15.1. The average molecular weight is 844 g/mol. The van der Waals surface area contributed by atoms with Crippen molar-refractivity contribution < 1.29 is 0 Å². The first-order valence-electron chi connectivity index (χ1n) is 23.2. The summed E-state index contributed by atoms with van der Waals surface area (Å²) >= 11 is 0. The average Bonchev–Trinajstić information content (AvgIpc) is 3.79. The van der Waals surface area contributed by atoms with E-state index >= 15 is 0 Å². The molecule has 0 saturated heterocycles. The Bertz CT molecular complexity index is 3420. The minimum absolute atomic E-state index is 0.110. The molecule has 0 heterocycles. The lowest BCUT2D eigenvalue weighted by Crippen LogP contribution is -2.22. The molecule has 0 spiro atoms. The highest BCUT2D eigenvalue weighted by Gasteiger charge is 2.41. The van der Waals surface area contributed by atoms with Gasteiger partial charge in [0.1, 0.15) is 0 Å². The van der Waals surface area contributed by atoms with Gasteiger partial charge in [0.2, 0.25) is 0 Å². The molecule has 0 aliphatic heterocycles. The van der Waals surface area contributed by atoms with Crippen LogP contribution in [-0.4, -0.2) is 0 Å². The molecule has 2 aliphatic rings. The van der Waals surface area contributed by atoms with Crippen LogP contribution in [0.4, 0.5) is 17.1 Å². The van der Waals surface area contributed by atoms with E-state index in [9.17, 15) is 0 Å². The fourth-order valence-electron chi connectivity index (χ4n) is 11.2. The monoisotopic (exact) mass is 843 g/mol. The molecule has 0 amide bonds. The van der Waals surface area contributed by atoms with Crippen LogP contribution >= 0.6 is 0 Å². The molecule has 10 aromatic rings. The van der Waals surface area contributed by atoms with E-state index in [4.69, 9.17) is 0 Å². The van der Waals surface area contributed by atoms with E-state index in [1.54, 1.807) is 0 Å². The second-order valence-electron chi connectivity index (χ2n) is 18.6. The van der Waals surface area contributed by atoms with E-state index < -0.39 is 0 Å². The van der Waals surface area contributed by atoms with Gasteiger partial charge in [0.25, 0.3) is 0 Å². The highest BCUT2D eigenvalue weighted by molar-refractivity contribution is 5.93. The van der Waals surface area contributed by atoms with Gasteiger partial charge in [-0.15, -0.1) is 0 Å². The van der Waals surface area contributed by atoms with Crippen LogP contribution in [-0.2, 0) is 10.8 Å². The lowest BCUT2D eigenvalue weighted by atomic mass is 9.74. The van der Waals surface area contributed by atoms with Gasteiger partial charge in [-0.3, -0.25) is 0 Å². The third-order valence-electron chi connectivity index (χ3n) is 14.6. The van der Waals surface area contributed by atoms with Gasteiger partial charge in [-0.05, 0) is 126 Å². The van der Waals surface area contributed by atoms with Crippen LogP contribution in [0.5, 0.6) is 0 Å². The molecule has 2 aliphatic carbocycles. The number of rotatable bonds is 8. The van der Waals surface area contributed by atoms with Gasteiger partial charge >= 0.3 is 0 Å². The van der Waals surface area contributed by atoms with E-state index in [-0.39, 0.29) is 10.8 Å². The maximum absolute atomic E-state index is 2.47. The van der Waals surface area contributed by atoms with E-state index in [2.05, 4.69) is 268 Å². The van der Waals surface area contributed by atoms with Gasteiger partial charge in [0.05, 0.1) is 5.69 Å². The molecule has 0 saturated carbocycles. The minimum Gasteiger partial charge on any atom is -0.310 e. The zero-order chi connectivity index (χ0) is 44.4. The molecule has 1 atom stereocenters. The number of benzene rings is 10. The topological polar surface area (TPSA) is 3.24 Å². The lowest BCUT2D eigenvalue weighted by molar-refractivity contribution is 0.662. The van der Waals surface area contributed by atoms with Crippen molar-refractivity contribution in [3.63, 3.8) is 0 Å². The zero-order valence-corrected chi connectivity index (χ0v) is 37.5. The van der Waals surface area contributed by atoms with Crippen LogP contribution in [0.2, 0.25) is 0 Å². The molecule has 1 unspecified atom stereocenters. The van der Waals surface area contributed by atoms with Crippen LogP contribution in [0, 0.1) is 0 Å². The molecule has 0 N–H and O–H groups in total. The van der Waals surface area contributed by atoms with Crippen LogP contribution in [0.3, 0.4) is 0 Å². The Kier molecular flexibility index (Phi) is 9.36. The van der Waals surface area contributed by atoms with Gasteiger partial charge in [-0.25, -0.2) is 0 Å². The summed E-state index contributed by atoms with van der Waals surface area (Å²) in [5, 5.41) is 0. The molecular weight excluding hydrogens is 795 g/mol. The van der Waals surface area contributed by atoms with Gasteiger partial charge < -0.3 is 4.90 Å². The number of hydrogen-bond donors (Lipinski definition) is 0. The Hall–Kier alpha value is -8.00. The van der Waals surface area contributed by atoms with Crippen molar-refractivity contribution in [3.8, 4) is 66.8 Å². The normalized spacial score (nSPS) is 15.1. The second kappa shape index (κ2) is 15.6. The molecular formula is C65H49N. The Morgan fingerprint density at radius 2 is 0.727 bits per heavy atom. The van der Waals surface area contributed by atoms with Crippen LogP contribution in [0.15, 0.2) is 243 Å². The van der Waals surface area contributed by atoms with Crippen molar-refractivity contribution >= 4 is 17.1 Å². The SMILES string of the molecule is CC1(C)c2ccccc2-c2cccc(-c3ccc(N(c4ccc5c(c4)C(C)(c4ccccc4)c4ccccc4-5)c4ccccc4-c4ccc(-c5ccc(-c6ccccc6)cc5)cc4)cc3)c21. The van der Waals surface area contributed by atoms with Crippen LogP contribution in [0.1, 0.15) is 48.6 Å². The van der Waals surface area contributed by atoms with Gasteiger partial charge in [-0.1, -0.05) is 226 Å². The largest absolute Gasteiger partial charge is 0.310 e. The second-order valence-corrected chi connectivity index (χ2v) is 18.6. The quantitative estimate of drug-likeness (QED) is 0.147. The maximum atomic E-state index is 2.47. The predicted octanol–water partition coefficient (Wildman–Crippen LogP) is 17.5. The zero-order valence-electron chi connectivity index (χ0n) is 37.5. The van der Waals surface area contributed by atoms with Crippen molar-refractivity contribution in [3.05, 3.63) is 270 Å². The van der Waals surface area contributed by atoms with Crippen molar-refractivity contribution in [2.75, 3.05) is 4.90 Å². The summed E-state index contributed by atoms with van der Waals surface area (Å²) in [6.07, 6.45) is 0. The van der Waals surface area contributed by atoms with Crippen LogP contribution in [0.25, 0.3) is 66.8 Å². The molecule has 66 heavy (non-hydrogen) atoms. The molecule has 314 valence electrons. The Morgan fingerprint density at radius 3 is 1.39 bits per heavy atom. The highest BCUT2D eigenvalue weighted by Crippen LogP contribution is 2.55. The summed E-state index contributed by atoms with van der Waals surface area (Å²) in [6, 6.07) is 89.6. The number of nitrogens with zero attached hydrogens (tertiary/aromatic N) is 1. The summed E-state index contributed by atoms with van der Waals surface area (Å²) in [6.45, 7) is 7.15. The molecule has 1 heteroatoms. The molecule has 0 bridgehead atoms. The summed E-state index contributed by atoms with van der Waals surface area (Å²) in [7, 11) is 0. The minimum atomic E-state index is -0.328. The first kappa shape index (κ1) is 39.6. The molecule has 0 aromatic heterocycles. The van der Waals surface area contributed by atoms with E-state index in [0.29, 0.717) is 0 Å². The number of anilines is 3. The molecule has 0 fully saturated rings. The third kappa shape index (κ3) is 6.30. The van der Waals surface area contributed by atoms with Crippen molar-refractivity contribution in [2.24, 2.45) is 0 Å². The fraction of sp³-hybridized carbons (Fsp3) is 0.0769. The smallest absolute Gasteiger partial charge is 0.0540 e.